The van der Waals surface area contributed by atoms with Gasteiger partial charge >= 0.3 is 12.4 Å². The molecule has 2 amide bonds. The highest BCUT2D eigenvalue weighted by Crippen LogP contribution is 2.55. The van der Waals surface area contributed by atoms with Gasteiger partial charge in [-0.3, -0.25) is 19.5 Å². The number of amides is 2. The van der Waals surface area contributed by atoms with Gasteiger partial charge in [0, 0.05) is 37.8 Å². The van der Waals surface area contributed by atoms with Gasteiger partial charge in [0.05, 0.1) is 31.0 Å². The van der Waals surface area contributed by atoms with Gasteiger partial charge in [0.1, 0.15) is 35.5 Å². The number of hydrazine groups is 1. The molecule has 3 N–H and O–H groups in total. The number of hydrogen-bond acceptors (Lipinski definition) is 9. The van der Waals surface area contributed by atoms with Gasteiger partial charge in [-0.25, -0.2) is 19.4 Å². The number of morpholine rings is 1. The maximum atomic E-state index is 15.7. The number of alkyl halides is 6. The number of aliphatic hydroxyl groups excluding tert-OH is 1. The fraction of sp³-hybridized carbons (Fsp3) is 0.429. The van der Waals surface area contributed by atoms with E-state index in [1.54, 1.807) is 0 Å². The highest BCUT2D eigenvalue weighted by atomic mass is 19.4. The fourth-order valence-corrected chi connectivity index (χ4v) is 6.81. The van der Waals surface area contributed by atoms with Crippen molar-refractivity contribution in [2.24, 2.45) is 11.1 Å². The molecule has 5 rings (SSSR count). The van der Waals surface area contributed by atoms with Crippen LogP contribution in [0.2, 0.25) is 0 Å². The second kappa shape index (κ2) is 14.7. The number of ether oxygens (including phenoxy) is 2. The van der Waals surface area contributed by atoms with Crippen LogP contribution in [0.25, 0.3) is 11.3 Å². The summed E-state index contributed by atoms with van der Waals surface area (Å²) in [6.45, 7) is 6.25. The number of carbonyl (C=O) groups is 2. The fourth-order valence-electron chi connectivity index (χ4n) is 6.81. The summed E-state index contributed by atoms with van der Waals surface area (Å²) in [5.74, 6) is -7.10. The average Bonchev–Trinajstić information content (AvgIpc) is 3.08. The number of halogens is 8. The molecule has 0 unspecified atom stereocenters. The van der Waals surface area contributed by atoms with Gasteiger partial charge in [0.15, 0.2) is 11.6 Å². The molecule has 0 aliphatic carbocycles. The lowest BCUT2D eigenvalue weighted by Crippen LogP contribution is -2.66. The van der Waals surface area contributed by atoms with Crippen LogP contribution in [-0.4, -0.2) is 88.3 Å². The Balaban J connectivity index is 1.66. The number of rotatable bonds is 9. The third kappa shape index (κ3) is 7.43. The summed E-state index contributed by atoms with van der Waals surface area (Å²) < 4.78 is 125. The molecule has 0 radical (unpaired) electrons. The highest BCUT2D eigenvalue weighted by molar-refractivity contribution is 6.19. The first kappa shape index (κ1) is 40.3. The molecule has 0 saturated carbocycles. The predicted octanol–water partition coefficient (Wildman–Crippen LogP) is 5.60. The standard InChI is InChI=1S/C35H36F8N6O5/c1-32(2,3)33(22-7-6-20(34(38,39)40)15-21(22)23-16-25(35(41,42)43)46-18-45-23)29(50)26(30(44)51)31(52)49(47(33)4)17-19-5-8-24(28(37)27(19)36)54-14-11-48-9-12-53-13-10-48/h5-8,15-16,18,50H,9-14,17H2,1-4H3,(H2,44,51)/t33-/m0/s1. The number of primary amides is 1. The Labute approximate surface area is 303 Å². The van der Waals surface area contributed by atoms with Gasteiger partial charge in [-0.1, -0.05) is 32.9 Å². The molecule has 1 fully saturated rings. The van der Waals surface area contributed by atoms with Crippen LogP contribution in [0.4, 0.5) is 35.1 Å². The van der Waals surface area contributed by atoms with E-state index in [0.29, 0.717) is 57.4 Å². The van der Waals surface area contributed by atoms with E-state index in [1.807, 2.05) is 4.90 Å². The Kier molecular flexibility index (Phi) is 11.0. The molecule has 54 heavy (non-hydrogen) atoms. The number of nitrogens with two attached hydrogens (primary N) is 1. The van der Waals surface area contributed by atoms with Crippen molar-refractivity contribution in [3.63, 3.8) is 0 Å². The Bertz CT molecular complexity index is 1960. The van der Waals surface area contributed by atoms with Crippen LogP contribution in [-0.2, 0) is 38.8 Å². The molecule has 19 heteroatoms. The van der Waals surface area contributed by atoms with E-state index in [1.165, 1.54) is 27.8 Å². The van der Waals surface area contributed by atoms with Crippen molar-refractivity contribution in [1.29, 1.82) is 0 Å². The van der Waals surface area contributed by atoms with Crippen LogP contribution in [0.3, 0.4) is 0 Å². The van der Waals surface area contributed by atoms with Crippen molar-refractivity contribution in [2.75, 3.05) is 46.5 Å². The summed E-state index contributed by atoms with van der Waals surface area (Å²) in [5.41, 5.74) is -4.15. The summed E-state index contributed by atoms with van der Waals surface area (Å²) >= 11 is 0. The molecule has 2 aliphatic rings. The second-order valence-electron chi connectivity index (χ2n) is 13.6. The second-order valence-corrected chi connectivity index (χ2v) is 13.6. The maximum Gasteiger partial charge on any atom is 0.433 e. The minimum absolute atomic E-state index is 0.00939. The number of nitrogens with zero attached hydrogens (tertiary/aromatic N) is 5. The summed E-state index contributed by atoms with van der Waals surface area (Å²) in [7, 11) is 1.18. The zero-order chi connectivity index (χ0) is 40.0. The van der Waals surface area contributed by atoms with Gasteiger partial charge in [0.25, 0.3) is 11.8 Å². The van der Waals surface area contributed by atoms with Gasteiger partial charge in [-0.2, -0.15) is 30.7 Å². The molecule has 2 aliphatic heterocycles. The summed E-state index contributed by atoms with van der Waals surface area (Å²) in [6, 6.07) is 4.61. The largest absolute Gasteiger partial charge is 0.509 e. The van der Waals surface area contributed by atoms with Gasteiger partial charge in [-0.15, -0.1) is 0 Å². The molecule has 1 atom stereocenters. The highest BCUT2D eigenvalue weighted by Gasteiger charge is 2.59. The Morgan fingerprint density at radius 3 is 2.24 bits per heavy atom. The molecular formula is C35H36F8N6O5. The molecule has 11 nitrogen and oxygen atoms in total. The summed E-state index contributed by atoms with van der Waals surface area (Å²) in [4.78, 5) is 35.8. The lowest BCUT2D eigenvalue weighted by molar-refractivity contribution is -0.178. The lowest BCUT2D eigenvalue weighted by atomic mass is 9.64. The van der Waals surface area contributed by atoms with Gasteiger partial charge < -0.3 is 20.3 Å². The van der Waals surface area contributed by atoms with Crippen LogP contribution in [0.1, 0.15) is 43.2 Å². The Morgan fingerprint density at radius 1 is 0.981 bits per heavy atom. The molecular weight excluding hydrogens is 736 g/mol. The van der Waals surface area contributed by atoms with Crippen LogP contribution >= 0.6 is 0 Å². The third-order valence-electron chi connectivity index (χ3n) is 9.39. The SMILES string of the molecule is CN1N(Cc2ccc(OCCN3CCOCC3)c(F)c2F)C(=O)C(C(N)=O)=C(O)[C@@]1(c1ccc(C(F)(F)F)cc1-c1cc(C(F)(F)F)ncn1)C(C)(C)C. The van der Waals surface area contributed by atoms with Crippen LogP contribution in [0.15, 0.2) is 54.1 Å². The Hall–Kier alpha value is -4.88. The monoisotopic (exact) mass is 772 g/mol. The van der Waals surface area contributed by atoms with E-state index in [9.17, 15) is 41.0 Å². The van der Waals surface area contributed by atoms with E-state index in [2.05, 4.69) is 9.97 Å². The number of likely N-dealkylation sites (N-methyl/N-ethyl adjacent to an activating group) is 1. The topological polar surface area (TPSA) is 134 Å². The van der Waals surface area contributed by atoms with E-state index in [0.717, 1.165) is 28.2 Å². The average molecular weight is 773 g/mol. The molecule has 3 aromatic rings. The van der Waals surface area contributed by atoms with Crippen molar-refractivity contribution in [3.05, 3.63) is 88.1 Å². The Morgan fingerprint density at radius 2 is 1.65 bits per heavy atom. The predicted molar refractivity (Wildman–Crippen MR) is 175 cm³/mol. The van der Waals surface area contributed by atoms with Crippen molar-refractivity contribution in [1.82, 2.24) is 24.9 Å². The number of carbonyl (C=O) groups excluding carboxylic acids is 2. The molecule has 292 valence electrons. The third-order valence-corrected chi connectivity index (χ3v) is 9.39. The van der Waals surface area contributed by atoms with Crippen molar-refractivity contribution >= 4 is 11.8 Å². The molecule has 0 bridgehead atoms. The first-order chi connectivity index (χ1) is 25.1. The zero-order valence-electron chi connectivity index (χ0n) is 29.4. The van der Waals surface area contributed by atoms with Crippen molar-refractivity contribution in [2.45, 2.75) is 45.2 Å². The van der Waals surface area contributed by atoms with E-state index >= 15 is 8.78 Å². The summed E-state index contributed by atoms with van der Waals surface area (Å²) in [5, 5.41) is 13.7. The first-order valence-electron chi connectivity index (χ1n) is 16.4. The number of benzene rings is 2. The number of aliphatic hydroxyl groups is 1. The summed E-state index contributed by atoms with van der Waals surface area (Å²) in [6.07, 6.45) is -9.57. The molecule has 1 aromatic heterocycles. The van der Waals surface area contributed by atoms with Crippen LogP contribution in [0, 0.1) is 17.0 Å². The van der Waals surface area contributed by atoms with E-state index in [-0.39, 0.29) is 12.2 Å². The molecule has 3 heterocycles. The number of hydrogen-bond donors (Lipinski definition) is 2. The minimum Gasteiger partial charge on any atom is -0.509 e. The van der Waals surface area contributed by atoms with Crippen LogP contribution in [0.5, 0.6) is 5.75 Å². The maximum absolute atomic E-state index is 15.7. The lowest BCUT2D eigenvalue weighted by Gasteiger charge is -2.56. The number of aromatic nitrogens is 2. The zero-order valence-corrected chi connectivity index (χ0v) is 29.4. The molecule has 0 spiro atoms. The first-order valence-corrected chi connectivity index (χ1v) is 16.4. The molecule has 1 saturated heterocycles. The minimum atomic E-state index is -5.05. The van der Waals surface area contributed by atoms with Gasteiger partial charge in [0.2, 0.25) is 5.82 Å². The quantitative estimate of drug-likeness (QED) is 0.211. The smallest absolute Gasteiger partial charge is 0.433 e. The van der Waals surface area contributed by atoms with Gasteiger partial charge in [-0.05, 0) is 35.2 Å². The van der Waals surface area contributed by atoms with E-state index in [4.69, 9.17) is 15.2 Å². The van der Waals surface area contributed by atoms with Crippen LogP contribution < -0.4 is 10.5 Å². The normalized spacial score (nSPS) is 19.4. The molecule has 2 aromatic carbocycles. The van der Waals surface area contributed by atoms with E-state index < -0.39 is 98.5 Å². The van der Waals surface area contributed by atoms with Crippen molar-refractivity contribution in [3.8, 4) is 17.0 Å². The van der Waals surface area contributed by atoms with Crippen molar-refractivity contribution < 1.29 is 59.3 Å².